The van der Waals surface area contributed by atoms with E-state index in [-0.39, 0.29) is 0 Å². The number of hydrogen-bond donors (Lipinski definition) is 2. The summed E-state index contributed by atoms with van der Waals surface area (Å²) < 4.78 is 5.81. The molecule has 1 aliphatic heterocycles. The van der Waals surface area contributed by atoms with Crippen LogP contribution >= 0.6 is 0 Å². The van der Waals surface area contributed by atoms with Gasteiger partial charge in [0.05, 0.1) is 11.7 Å². The molecule has 0 saturated carbocycles. The summed E-state index contributed by atoms with van der Waals surface area (Å²) in [5.74, 6) is 0.781. The van der Waals surface area contributed by atoms with E-state index < -0.39 is 0 Å². The van der Waals surface area contributed by atoms with Crippen LogP contribution in [0.15, 0.2) is 36.6 Å². The van der Waals surface area contributed by atoms with Crippen molar-refractivity contribution in [3.63, 3.8) is 0 Å². The molecule has 1 atom stereocenters. The molecule has 1 unspecified atom stereocenters. The molecule has 0 spiro atoms. The van der Waals surface area contributed by atoms with Gasteiger partial charge in [0.1, 0.15) is 12.4 Å². The Kier molecular flexibility index (Phi) is 4.23. The number of nitrogen functional groups attached to an aromatic ring is 1. The van der Waals surface area contributed by atoms with Gasteiger partial charge < -0.3 is 20.7 Å². The van der Waals surface area contributed by atoms with Crippen LogP contribution in [0.2, 0.25) is 0 Å². The van der Waals surface area contributed by atoms with Crippen LogP contribution in [0.25, 0.3) is 5.70 Å². The van der Waals surface area contributed by atoms with Gasteiger partial charge in [0.2, 0.25) is 0 Å². The van der Waals surface area contributed by atoms with E-state index in [2.05, 4.69) is 23.7 Å². The lowest BCUT2D eigenvalue weighted by molar-refractivity contribution is 0.178. The van der Waals surface area contributed by atoms with Crippen LogP contribution in [-0.2, 0) is 4.74 Å². The fourth-order valence-electron chi connectivity index (χ4n) is 2.31. The molecule has 0 amide bonds. The van der Waals surface area contributed by atoms with Crippen molar-refractivity contribution in [2.75, 3.05) is 31.3 Å². The third-order valence-electron chi connectivity index (χ3n) is 3.48. The van der Waals surface area contributed by atoms with Crippen LogP contribution in [0.4, 0.5) is 11.4 Å². The molecule has 3 N–H and O–H groups in total. The van der Waals surface area contributed by atoms with E-state index in [9.17, 15) is 0 Å². The zero-order valence-electron chi connectivity index (χ0n) is 12.4. The SMILES string of the molecule is C=CC1=C(c2cc(N)ccc2N(C)C)NC(CC)CO1. The predicted octanol–water partition coefficient (Wildman–Crippen LogP) is 2.59. The Morgan fingerprint density at radius 3 is 2.85 bits per heavy atom. The van der Waals surface area contributed by atoms with Gasteiger partial charge in [-0.05, 0) is 30.7 Å². The summed E-state index contributed by atoms with van der Waals surface area (Å²) in [6.07, 6.45) is 2.75. The minimum absolute atomic E-state index is 0.310. The number of hydrogen-bond acceptors (Lipinski definition) is 4. The van der Waals surface area contributed by atoms with Crippen molar-refractivity contribution in [1.82, 2.24) is 5.32 Å². The molecule has 0 saturated heterocycles. The lowest BCUT2D eigenvalue weighted by Gasteiger charge is -2.30. The molecule has 20 heavy (non-hydrogen) atoms. The molecule has 4 nitrogen and oxygen atoms in total. The molecule has 1 aromatic rings. The minimum Gasteiger partial charge on any atom is -0.489 e. The molecule has 1 aliphatic rings. The van der Waals surface area contributed by atoms with Crippen LogP contribution in [0.5, 0.6) is 0 Å². The maximum Gasteiger partial charge on any atom is 0.142 e. The highest BCUT2D eigenvalue weighted by molar-refractivity contribution is 5.80. The summed E-state index contributed by atoms with van der Waals surface area (Å²) in [5, 5.41) is 3.54. The van der Waals surface area contributed by atoms with Crippen LogP contribution < -0.4 is 16.0 Å². The van der Waals surface area contributed by atoms with Crippen molar-refractivity contribution in [1.29, 1.82) is 0 Å². The fourth-order valence-corrected chi connectivity index (χ4v) is 2.31. The van der Waals surface area contributed by atoms with Gasteiger partial charge in [-0.2, -0.15) is 0 Å². The van der Waals surface area contributed by atoms with Crippen LogP contribution in [0.3, 0.4) is 0 Å². The fraction of sp³-hybridized carbons (Fsp3) is 0.375. The second-order valence-corrected chi connectivity index (χ2v) is 5.17. The van der Waals surface area contributed by atoms with Gasteiger partial charge >= 0.3 is 0 Å². The Hall–Kier alpha value is -2.10. The number of allylic oxidation sites excluding steroid dienone is 1. The first-order valence-corrected chi connectivity index (χ1v) is 6.90. The number of benzene rings is 1. The maximum atomic E-state index is 5.95. The Morgan fingerprint density at radius 1 is 1.50 bits per heavy atom. The molecule has 1 aromatic carbocycles. The molecule has 108 valence electrons. The second-order valence-electron chi connectivity index (χ2n) is 5.17. The normalized spacial score (nSPS) is 18.2. The van der Waals surface area contributed by atoms with Gasteiger partial charge in [0, 0.05) is 31.0 Å². The Balaban J connectivity index is 2.54. The average Bonchev–Trinajstić information content (AvgIpc) is 2.46. The van der Waals surface area contributed by atoms with E-state index in [0.29, 0.717) is 12.6 Å². The molecular formula is C16H23N3O. The first-order chi connectivity index (χ1) is 9.56. The van der Waals surface area contributed by atoms with Crippen LogP contribution in [-0.4, -0.2) is 26.7 Å². The zero-order valence-corrected chi connectivity index (χ0v) is 12.4. The Bertz CT molecular complexity index is 535. The van der Waals surface area contributed by atoms with Gasteiger partial charge in [-0.1, -0.05) is 13.5 Å². The molecule has 0 fully saturated rings. The highest BCUT2D eigenvalue weighted by atomic mass is 16.5. The van der Waals surface area contributed by atoms with Gasteiger partial charge in [0.15, 0.2) is 0 Å². The van der Waals surface area contributed by atoms with Gasteiger partial charge in [0.25, 0.3) is 0 Å². The molecule has 0 bridgehead atoms. The summed E-state index contributed by atoms with van der Waals surface area (Å²) in [6.45, 7) is 6.65. The summed E-state index contributed by atoms with van der Waals surface area (Å²) >= 11 is 0. The minimum atomic E-state index is 0.310. The molecule has 0 radical (unpaired) electrons. The van der Waals surface area contributed by atoms with Crippen molar-refractivity contribution in [3.05, 3.63) is 42.2 Å². The highest BCUT2D eigenvalue weighted by Crippen LogP contribution is 2.31. The summed E-state index contributed by atoms with van der Waals surface area (Å²) in [4.78, 5) is 2.07. The average molecular weight is 273 g/mol. The van der Waals surface area contributed by atoms with Crippen molar-refractivity contribution in [3.8, 4) is 0 Å². The van der Waals surface area contributed by atoms with E-state index in [1.807, 2.05) is 32.3 Å². The van der Waals surface area contributed by atoms with Crippen LogP contribution in [0, 0.1) is 0 Å². The van der Waals surface area contributed by atoms with Crippen molar-refractivity contribution in [2.45, 2.75) is 19.4 Å². The molecule has 0 aromatic heterocycles. The third-order valence-corrected chi connectivity index (χ3v) is 3.48. The monoisotopic (exact) mass is 273 g/mol. The van der Waals surface area contributed by atoms with Crippen molar-refractivity contribution >= 4 is 17.1 Å². The predicted molar refractivity (Wildman–Crippen MR) is 85.5 cm³/mol. The quantitative estimate of drug-likeness (QED) is 0.828. The van der Waals surface area contributed by atoms with Gasteiger partial charge in [-0.15, -0.1) is 0 Å². The molecule has 2 rings (SSSR count). The van der Waals surface area contributed by atoms with E-state index in [4.69, 9.17) is 10.5 Å². The number of nitrogens with one attached hydrogen (secondary N) is 1. The third kappa shape index (κ3) is 2.74. The van der Waals surface area contributed by atoms with Crippen molar-refractivity contribution in [2.24, 2.45) is 0 Å². The molecule has 1 heterocycles. The van der Waals surface area contributed by atoms with E-state index >= 15 is 0 Å². The summed E-state index contributed by atoms with van der Waals surface area (Å²) in [5.41, 5.74) is 9.80. The number of rotatable bonds is 4. The number of anilines is 2. The topological polar surface area (TPSA) is 50.5 Å². The number of nitrogens with zero attached hydrogens (tertiary/aromatic N) is 1. The Morgan fingerprint density at radius 2 is 2.25 bits per heavy atom. The van der Waals surface area contributed by atoms with E-state index in [1.165, 1.54) is 0 Å². The first-order valence-electron chi connectivity index (χ1n) is 6.90. The van der Waals surface area contributed by atoms with E-state index in [1.54, 1.807) is 6.08 Å². The maximum absolute atomic E-state index is 5.95. The zero-order chi connectivity index (χ0) is 14.7. The highest BCUT2D eigenvalue weighted by Gasteiger charge is 2.22. The van der Waals surface area contributed by atoms with Gasteiger partial charge in [-0.3, -0.25) is 0 Å². The number of nitrogens with two attached hydrogens (primary N) is 1. The largest absolute Gasteiger partial charge is 0.489 e. The number of ether oxygens (including phenoxy) is 1. The summed E-state index contributed by atoms with van der Waals surface area (Å²) in [6, 6.07) is 6.22. The molecular weight excluding hydrogens is 250 g/mol. The Labute approximate surface area is 120 Å². The summed E-state index contributed by atoms with van der Waals surface area (Å²) in [7, 11) is 4.04. The molecule has 4 heteroatoms. The molecule has 0 aliphatic carbocycles. The van der Waals surface area contributed by atoms with E-state index in [0.717, 1.165) is 34.8 Å². The first kappa shape index (κ1) is 14.3. The van der Waals surface area contributed by atoms with Crippen molar-refractivity contribution < 1.29 is 4.74 Å². The lowest BCUT2D eigenvalue weighted by atomic mass is 10.0. The smallest absolute Gasteiger partial charge is 0.142 e. The van der Waals surface area contributed by atoms with Crippen LogP contribution in [0.1, 0.15) is 18.9 Å². The standard InChI is InChI=1S/C16H23N3O/c1-5-12-10-20-15(6-2)16(18-12)13-9-11(17)7-8-14(13)19(3)4/h6-9,12,18H,2,5,10,17H2,1,3-4H3. The second kappa shape index (κ2) is 5.90. The lowest BCUT2D eigenvalue weighted by Crippen LogP contribution is -2.36. The van der Waals surface area contributed by atoms with Gasteiger partial charge in [-0.25, -0.2) is 0 Å².